The number of benzene rings is 2. The van der Waals surface area contributed by atoms with E-state index in [4.69, 9.17) is 11.6 Å². The Kier molecular flexibility index (Phi) is 5.41. The summed E-state index contributed by atoms with van der Waals surface area (Å²) >= 11 is 6.26. The van der Waals surface area contributed by atoms with E-state index in [0.717, 1.165) is 60.9 Å². The Labute approximate surface area is 204 Å². The Morgan fingerprint density at radius 1 is 1.12 bits per heavy atom. The molecule has 1 fully saturated rings. The number of anilines is 1. The number of aromatic nitrogens is 3. The van der Waals surface area contributed by atoms with Gasteiger partial charge >= 0.3 is 0 Å². The third-order valence-electron chi connectivity index (χ3n) is 7.20. The highest BCUT2D eigenvalue weighted by atomic mass is 35.5. The number of carbonyl (C=O) groups is 1. The highest BCUT2D eigenvalue weighted by Gasteiger charge is 2.34. The van der Waals surface area contributed by atoms with Crippen molar-refractivity contribution in [2.45, 2.75) is 45.2 Å². The average molecular weight is 474 g/mol. The van der Waals surface area contributed by atoms with Gasteiger partial charge in [0, 0.05) is 41.8 Å². The molecule has 0 bridgehead atoms. The van der Waals surface area contributed by atoms with Gasteiger partial charge in [-0.2, -0.15) is 0 Å². The van der Waals surface area contributed by atoms with Crippen LogP contribution in [0.3, 0.4) is 0 Å². The molecule has 6 nitrogen and oxygen atoms in total. The maximum atomic E-state index is 12.5. The number of hydrogen-bond acceptors (Lipinski definition) is 4. The van der Waals surface area contributed by atoms with Crippen molar-refractivity contribution in [2.75, 3.05) is 18.4 Å². The number of rotatable bonds is 4. The van der Waals surface area contributed by atoms with Crippen LogP contribution in [0.1, 0.15) is 48.5 Å². The van der Waals surface area contributed by atoms with E-state index in [1.54, 1.807) is 0 Å². The molecular formula is C27H28ClN5O. The lowest BCUT2D eigenvalue weighted by atomic mass is 9.90. The molecule has 1 saturated carbocycles. The molecule has 1 aromatic heterocycles. The highest BCUT2D eigenvalue weighted by molar-refractivity contribution is 6.30. The Morgan fingerprint density at radius 3 is 2.76 bits per heavy atom. The molecule has 0 spiro atoms. The summed E-state index contributed by atoms with van der Waals surface area (Å²) in [6.07, 6.45) is 6.13. The number of amides is 1. The first-order valence-electron chi connectivity index (χ1n) is 12.1. The quantitative estimate of drug-likeness (QED) is 0.544. The van der Waals surface area contributed by atoms with Crippen LogP contribution in [0.4, 0.5) is 5.69 Å². The topological polar surface area (TPSA) is 63.1 Å². The molecule has 174 valence electrons. The molecule has 3 aliphatic rings. The molecule has 7 heteroatoms. The van der Waals surface area contributed by atoms with Crippen molar-refractivity contribution in [1.29, 1.82) is 0 Å². The number of nitrogens with zero attached hydrogens (tertiary/aromatic N) is 4. The molecule has 0 saturated heterocycles. The van der Waals surface area contributed by atoms with Crippen molar-refractivity contribution in [3.8, 4) is 11.3 Å². The van der Waals surface area contributed by atoms with E-state index in [2.05, 4.69) is 46.0 Å². The molecule has 3 heterocycles. The van der Waals surface area contributed by atoms with Gasteiger partial charge in [0.05, 0.1) is 17.4 Å². The number of halogens is 1. The first-order chi connectivity index (χ1) is 16.6. The smallest absolute Gasteiger partial charge is 0.225 e. The number of aryl methyl sites for hydroxylation is 2. The Bertz CT molecular complexity index is 1290. The number of nitrogens with one attached hydrogen (secondary N) is 1. The van der Waals surface area contributed by atoms with Gasteiger partial charge in [-0.15, -0.1) is 5.10 Å². The number of carbonyl (C=O) groups excluding carboxylic acids is 1. The lowest BCUT2D eigenvalue weighted by molar-refractivity contribution is -0.132. The second-order valence-corrected chi connectivity index (χ2v) is 10.0. The van der Waals surface area contributed by atoms with Crippen LogP contribution in [-0.2, 0) is 11.3 Å². The van der Waals surface area contributed by atoms with E-state index in [-0.39, 0.29) is 12.0 Å². The molecule has 1 aliphatic carbocycles. The summed E-state index contributed by atoms with van der Waals surface area (Å²) in [5.74, 6) is 0.613. The highest BCUT2D eigenvalue weighted by Crippen LogP contribution is 2.39. The van der Waals surface area contributed by atoms with Gasteiger partial charge in [0.2, 0.25) is 5.91 Å². The average Bonchev–Trinajstić information content (AvgIpc) is 3.65. The fraction of sp³-hybridized carbons (Fsp3) is 0.370. The summed E-state index contributed by atoms with van der Waals surface area (Å²) in [5.41, 5.74) is 8.02. The summed E-state index contributed by atoms with van der Waals surface area (Å²) in [5, 5.41) is 13.2. The third-order valence-corrected chi connectivity index (χ3v) is 7.43. The normalized spacial score (nSPS) is 19.6. The summed E-state index contributed by atoms with van der Waals surface area (Å²) in [4.78, 5) is 14.5. The van der Waals surface area contributed by atoms with Crippen LogP contribution in [0.5, 0.6) is 0 Å². The minimum absolute atomic E-state index is 0.117. The van der Waals surface area contributed by atoms with Gasteiger partial charge in [-0.25, -0.2) is 4.68 Å². The van der Waals surface area contributed by atoms with E-state index < -0.39 is 0 Å². The molecule has 6 rings (SSSR count). The maximum Gasteiger partial charge on any atom is 0.225 e. The van der Waals surface area contributed by atoms with E-state index in [1.807, 2.05) is 34.7 Å². The zero-order valence-corrected chi connectivity index (χ0v) is 20.1. The van der Waals surface area contributed by atoms with Gasteiger partial charge in [0.15, 0.2) is 0 Å². The van der Waals surface area contributed by atoms with Gasteiger partial charge in [0.1, 0.15) is 0 Å². The fourth-order valence-corrected chi connectivity index (χ4v) is 5.40. The number of hydrogen-bond donors (Lipinski definition) is 1. The second-order valence-electron chi connectivity index (χ2n) is 9.58. The summed E-state index contributed by atoms with van der Waals surface area (Å²) in [6, 6.07) is 14.8. The minimum Gasteiger partial charge on any atom is -0.378 e. The van der Waals surface area contributed by atoms with Crippen molar-refractivity contribution in [2.24, 2.45) is 5.92 Å². The van der Waals surface area contributed by atoms with Gasteiger partial charge in [-0.3, -0.25) is 4.79 Å². The Morgan fingerprint density at radius 2 is 2.00 bits per heavy atom. The van der Waals surface area contributed by atoms with Crippen molar-refractivity contribution in [1.82, 2.24) is 19.9 Å². The fourth-order valence-electron chi connectivity index (χ4n) is 5.21. The molecule has 1 atom stereocenters. The van der Waals surface area contributed by atoms with Gasteiger partial charge in [-0.1, -0.05) is 41.1 Å². The Balaban J connectivity index is 1.35. The first-order valence-corrected chi connectivity index (χ1v) is 12.5. The molecule has 2 aliphatic heterocycles. The van der Waals surface area contributed by atoms with E-state index in [0.29, 0.717) is 12.5 Å². The zero-order valence-electron chi connectivity index (χ0n) is 19.3. The maximum absolute atomic E-state index is 12.5. The molecular weight excluding hydrogens is 446 g/mol. The van der Waals surface area contributed by atoms with E-state index in [1.165, 1.54) is 22.3 Å². The summed E-state index contributed by atoms with van der Waals surface area (Å²) in [6.45, 7) is 4.33. The largest absolute Gasteiger partial charge is 0.378 e. The monoisotopic (exact) mass is 473 g/mol. The molecule has 1 unspecified atom stereocenters. The van der Waals surface area contributed by atoms with Crippen molar-refractivity contribution in [3.05, 3.63) is 70.4 Å². The summed E-state index contributed by atoms with van der Waals surface area (Å²) in [7, 11) is 0. The van der Waals surface area contributed by atoms with Gasteiger partial charge in [-0.05, 0) is 73.6 Å². The van der Waals surface area contributed by atoms with Crippen LogP contribution in [0, 0.1) is 12.8 Å². The van der Waals surface area contributed by atoms with Crippen molar-refractivity contribution < 1.29 is 4.79 Å². The lowest BCUT2D eigenvalue weighted by Gasteiger charge is -2.27. The number of fused-ring (bicyclic) bond motifs is 3. The molecule has 1 amide bonds. The van der Waals surface area contributed by atoms with Crippen LogP contribution >= 0.6 is 11.6 Å². The summed E-state index contributed by atoms with van der Waals surface area (Å²) < 4.78 is 2.02. The molecule has 34 heavy (non-hydrogen) atoms. The standard InChI is InChI=1S/C27H28ClN5O/c1-17-26-23-8-7-20(18-9-12-32(13-10-18)27(34)19-5-6-19)15-24(23)25(11-14-33(26)31-30-17)29-22-4-2-3-21(28)16-22/h2-4,7-9,15-16,19,25,29H,5-6,10-14H2,1H3. The van der Waals surface area contributed by atoms with Gasteiger partial charge < -0.3 is 10.2 Å². The molecule has 0 radical (unpaired) electrons. The SMILES string of the molecule is Cc1nnn2c1-c1ccc(C3=CCN(C(=O)C4CC4)CC3)cc1C(Nc1cccc(Cl)c1)CC2. The molecule has 2 aromatic carbocycles. The van der Waals surface area contributed by atoms with Gasteiger partial charge in [0.25, 0.3) is 0 Å². The zero-order chi connectivity index (χ0) is 23.2. The Hall–Kier alpha value is -3.12. The predicted molar refractivity (Wildman–Crippen MR) is 135 cm³/mol. The van der Waals surface area contributed by atoms with Crippen molar-refractivity contribution in [3.63, 3.8) is 0 Å². The molecule has 3 aromatic rings. The minimum atomic E-state index is 0.117. The predicted octanol–water partition coefficient (Wildman–Crippen LogP) is 5.49. The van der Waals surface area contributed by atoms with E-state index in [9.17, 15) is 4.79 Å². The van der Waals surface area contributed by atoms with Crippen LogP contribution in [0.25, 0.3) is 16.8 Å². The van der Waals surface area contributed by atoms with Crippen molar-refractivity contribution >= 4 is 28.8 Å². The lowest BCUT2D eigenvalue weighted by Crippen LogP contribution is -2.35. The van der Waals surface area contributed by atoms with E-state index >= 15 is 0 Å². The molecule has 1 N–H and O–H groups in total. The third kappa shape index (κ3) is 4.00. The van der Waals surface area contributed by atoms with Crippen LogP contribution in [0.2, 0.25) is 5.02 Å². The van der Waals surface area contributed by atoms with Crippen LogP contribution in [0.15, 0.2) is 48.5 Å². The first kappa shape index (κ1) is 21.4. The second kappa shape index (κ2) is 8.58. The van der Waals surface area contributed by atoms with Crippen LogP contribution in [-0.4, -0.2) is 38.9 Å². The van der Waals surface area contributed by atoms with Crippen LogP contribution < -0.4 is 5.32 Å².